The first-order valence-electron chi connectivity index (χ1n) is 8.01. The molecule has 0 radical (unpaired) electrons. The van der Waals surface area contributed by atoms with Crippen LogP contribution in [0.25, 0.3) is 0 Å². The topological polar surface area (TPSA) is 32.8 Å². The van der Waals surface area contributed by atoms with E-state index in [1.165, 1.54) is 12.1 Å². The lowest BCUT2D eigenvalue weighted by Crippen LogP contribution is -2.42. The van der Waals surface area contributed by atoms with Gasteiger partial charge in [-0.15, -0.1) is 0 Å². The van der Waals surface area contributed by atoms with E-state index in [-0.39, 0.29) is 11.7 Å². The molecule has 1 aromatic rings. The van der Waals surface area contributed by atoms with Crippen LogP contribution in [0.2, 0.25) is 0 Å². The zero-order valence-electron chi connectivity index (χ0n) is 13.3. The van der Waals surface area contributed by atoms with Gasteiger partial charge < -0.3 is 9.64 Å². The van der Waals surface area contributed by atoms with Crippen LogP contribution in [0.15, 0.2) is 24.3 Å². The largest absolute Gasteiger partial charge is 0.379 e. The van der Waals surface area contributed by atoms with Crippen molar-refractivity contribution in [2.45, 2.75) is 26.3 Å². The van der Waals surface area contributed by atoms with Crippen molar-refractivity contribution in [1.82, 2.24) is 9.80 Å². The van der Waals surface area contributed by atoms with Gasteiger partial charge in [0, 0.05) is 39.1 Å². The molecule has 4 nitrogen and oxygen atoms in total. The van der Waals surface area contributed by atoms with Gasteiger partial charge in [0.15, 0.2) is 0 Å². The van der Waals surface area contributed by atoms with Crippen molar-refractivity contribution in [3.05, 3.63) is 35.6 Å². The highest BCUT2D eigenvalue weighted by molar-refractivity contribution is 5.76. The molecule has 1 aromatic carbocycles. The van der Waals surface area contributed by atoms with Crippen LogP contribution in [0.1, 0.15) is 25.3 Å². The zero-order chi connectivity index (χ0) is 15.8. The average molecular weight is 308 g/mol. The standard InChI is InChI=1S/C17H25FN2O2/c1-2-4-17(21)20(8-7-19-9-11-22-12-10-19)14-15-5-3-6-16(18)13-15/h3,5-6,13H,2,4,7-12,14H2,1H3. The predicted molar refractivity (Wildman–Crippen MR) is 84.0 cm³/mol. The number of carbonyl (C=O) groups excluding carboxylic acids is 1. The molecule has 1 amide bonds. The summed E-state index contributed by atoms with van der Waals surface area (Å²) in [6.07, 6.45) is 1.37. The third-order valence-corrected chi connectivity index (χ3v) is 3.87. The van der Waals surface area contributed by atoms with Crippen molar-refractivity contribution >= 4 is 5.91 Å². The van der Waals surface area contributed by atoms with Gasteiger partial charge in [0.1, 0.15) is 5.82 Å². The monoisotopic (exact) mass is 308 g/mol. The molecule has 0 atom stereocenters. The second kappa shape index (κ2) is 8.86. The lowest BCUT2D eigenvalue weighted by Gasteiger charge is -2.30. The molecule has 0 saturated carbocycles. The minimum Gasteiger partial charge on any atom is -0.379 e. The normalized spacial score (nSPS) is 15.7. The highest BCUT2D eigenvalue weighted by Crippen LogP contribution is 2.10. The van der Waals surface area contributed by atoms with E-state index in [9.17, 15) is 9.18 Å². The number of carbonyl (C=O) groups is 1. The fourth-order valence-corrected chi connectivity index (χ4v) is 2.61. The molecule has 1 heterocycles. The van der Waals surface area contributed by atoms with Crippen LogP contribution in [0.3, 0.4) is 0 Å². The molecule has 22 heavy (non-hydrogen) atoms. The first kappa shape index (κ1) is 16.9. The zero-order valence-corrected chi connectivity index (χ0v) is 13.3. The number of morpholine rings is 1. The van der Waals surface area contributed by atoms with E-state index in [4.69, 9.17) is 4.74 Å². The Labute approximate surface area is 131 Å². The molecule has 0 aliphatic carbocycles. The average Bonchev–Trinajstić information content (AvgIpc) is 2.52. The van der Waals surface area contributed by atoms with E-state index >= 15 is 0 Å². The third kappa shape index (κ3) is 5.39. The van der Waals surface area contributed by atoms with Crippen LogP contribution in [0.5, 0.6) is 0 Å². The van der Waals surface area contributed by atoms with Crippen LogP contribution < -0.4 is 0 Å². The fourth-order valence-electron chi connectivity index (χ4n) is 2.61. The SMILES string of the molecule is CCCC(=O)N(CCN1CCOCC1)Cc1cccc(F)c1. The Bertz CT molecular complexity index is 475. The van der Waals surface area contributed by atoms with Gasteiger partial charge in [0.2, 0.25) is 5.91 Å². The van der Waals surface area contributed by atoms with Gasteiger partial charge in [-0.3, -0.25) is 9.69 Å². The number of rotatable bonds is 7. The smallest absolute Gasteiger partial charge is 0.222 e. The summed E-state index contributed by atoms with van der Waals surface area (Å²) in [6.45, 7) is 7.33. The Hall–Kier alpha value is -1.46. The first-order valence-corrected chi connectivity index (χ1v) is 8.01. The molecule has 0 spiro atoms. The van der Waals surface area contributed by atoms with Gasteiger partial charge >= 0.3 is 0 Å². The number of ether oxygens (including phenoxy) is 1. The van der Waals surface area contributed by atoms with Crippen molar-refractivity contribution in [2.75, 3.05) is 39.4 Å². The molecule has 1 aliphatic heterocycles. The maximum absolute atomic E-state index is 13.3. The van der Waals surface area contributed by atoms with Gasteiger partial charge in [-0.05, 0) is 24.1 Å². The number of nitrogens with zero attached hydrogens (tertiary/aromatic N) is 2. The van der Waals surface area contributed by atoms with Gasteiger partial charge in [0.25, 0.3) is 0 Å². The van der Waals surface area contributed by atoms with Crippen LogP contribution in [0.4, 0.5) is 4.39 Å². The Kier molecular flexibility index (Phi) is 6.80. The predicted octanol–water partition coefficient (Wildman–Crippen LogP) is 2.29. The van der Waals surface area contributed by atoms with E-state index in [2.05, 4.69) is 4.90 Å². The van der Waals surface area contributed by atoms with Crippen LogP contribution in [0, 0.1) is 5.82 Å². The number of halogens is 1. The van der Waals surface area contributed by atoms with Gasteiger partial charge in [0.05, 0.1) is 13.2 Å². The lowest BCUT2D eigenvalue weighted by atomic mass is 10.2. The summed E-state index contributed by atoms with van der Waals surface area (Å²) in [5.41, 5.74) is 0.839. The lowest BCUT2D eigenvalue weighted by molar-refractivity contribution is -0.132. The van der Waals surface area contributed by atoms with E-state index in [1.807, 2.05) is 17.9 Å². The van der Waals surface area contributed by atoms with Gasteiger partial charge in [-0.1, -0.05) is 19.1 Å². The van der Waals surface area contributed by atoms with E-state index in [1.54, 1.807) is 6.07 Å². The molecule has 5 heteroatoms. The van der Waals surface area contributed by atoms with Crippen molar-refractivity contribution < 1.29 is 13.9 Å². The van der Waals surface area contributed by atoms with E-state index in [0.29, 0.717) is 19.5 Å². The Morgan fingerprint density at radius 1 is 1.36 bits per heavy atom. The molecule has 0 N–H and O–H groups in total. The minimum absolute atomic E-state index is 0.139. The summed E-state index contributed by atoms with van der Waals surface area (Å²) in [4.78, 5) is 16.4. The molecule has 1 aliphatic rings. The summed E-state index contributed by atoms with van der Waals surface area (Å²) >= 11 is 0. The molecule has 0 unspecified atom stereocenters. The van der Waals surface area contributed by atoms with Crippen molar-refractivity contribution in [2.24, 2.45) is 0 Å². The molecule has 2 rings (SSSR count). The minimum atomic E-state index is -0.256. The summed E-state index contributed by atoms with van der Waals surface area (Å²) in [5.74, 6) is -0.117. The summed E-state index contributed by atoms with van der Waals surface area (Å²) in [6, 6.07) is 6.48. The van der Waals surface area contributed by atoms with Gasteiger partial charge in [-0.25, -0.2) is 4.39 Å². The first-order chi connectivity index (χ1) is 10.7. The maximum atomic E-state index is 13.3. The molecule has 0 aromatic heterocycles. The van der Waals surface area contributed by atoms with Crippen molar-refractivity contribution in [3.63, 3.8) is 0 Å². The highest BCUT2D eigenvalue weighted by Gasteiger charge is 2.16. The molecular formula is C17H25FN2O2. The number of benzene rings is 1. The van der Waals surface area contributed by atoms with Gasteiger partial charge in [-0.2, -0.15) is 0 Å². The molecular weight excluding hydrogens is 283 g/mol. The fraction of sp³-hybridized carbons (Fsp3) is 0.588. The number of hydrogen-bond acceptors (Lipinski definition) is 3. The second-order valence-corrected chi connectivity index (χ2v) is 5.65. The highest BCUT2D eigenvalue weighted by atomic mass is 19.1. The second-order valence-electron chi connectivity index (χ2n) is 5.65. The molecule has 1 fully saturated rings. The third-order valence-electron chi connectivity index (χ3n) is 3.87. The molecule has 1 saturated heterocycles. The number of amides is 1. The quantitative estimate of drug-likeness (QED) is 0.775. The Balaban J connectivity index is 1.94. The summed E-state index contributed by atoms with van der Waals surface area (Å²) < 4.78 is 18.7. The van der Waals surface area contributed by atoms with Crippen LogP contribution in [-0.2, 0) is 16.1 Å². The number of hydrogen-bond donors (Lipinski definition) is 0. The van der Waals surface area contributed by atoms with Crippen LogP contribution >= 0.6 is 0 Å². The van der Waals surface area contributed by atoms with Crippen molar-refractivity contribution in [3.8, 4) is 0 Å². The summed E-state index contributed by atoms with van der Waals surface area (Å²) in [7, 11) is 0. The summed E-state index contributed by atoms with van der Waals surface area (Å²) in [5, 5.41) is 0. The van der Waals surface area contributed by atoms with Crippen LogP contribution in [-0.4, -0.2) is 55.1 Å². The van der Waals surface area contributed by atoms with E-state index in [0.717, 1.165) is 44.8 Å². The van der Waals surface area contributed by atoms with E-state index < -0.39 is 0 Å². The maximum Gasteiger partial charge on any atom is 0.222 e. The molecule has 0 bridgehead atoms. The Morgan fingerprint density at radius 2 is 2.14 bits per heavy atom. The Morgan fingerprint density at radius 3 is 2.82 bits per heavy atom. The van der Waals surface area contributed by atoms with Crippen molar-refractivity contribution in [1.29, 1.82) is 0 Å². The molecule has 122 valence electrons.